The molecule has 27 heavy (non-hydrogen) atoms. The Bertz CT molecular complexity index is 771. The first-order valence-corrected chi connectivity index (χ1v) is 18.4. The van der Waals surface area contributed by atoms with E-state index in [0.717, 1.165) is 16.7 Å². The van der Waals surface area contributed by atoms with Crippen LogP contribution in [0.1, 0.15) is 75.2 Å². The Labute approximate surface area is 169 Å². The summed E-state index contributed by atoms with van der Waals surface area (Å²) < 4.78 is 5.76. The van der Waals surface area contributed by atoms with Crippen molar-refractivity contribution in [1.82, 2.24) is 0 Å². The van der Waals surface area contributed by atoms with Crippen molar-refractivity contribution in [3.05, 3.63) is 53.6 Å². The molecule has 0 saturated heterocycles. The minimum atomic E-state index is -2.63. The van der Waals surface area contributed by atoms with E-state index >= 15 is 0 Å². The van der Waals surface area contributed by atoms with E-state index in [1.54, 1.807) is 3.58 Å². The average molecular weight is 469 g/mol. The Kier molecular flexibility index (Phi) is 7.19. The molecule has 0 amide bonds. The zero-order valence-corrected chi connectivity index (χ0v) is 20.2. The van der Waals surface area contributed by atoms with Crippen LogP contribution in [0.3, 0.4) is 0 Å². The number of carbonyl (C=O) groups excluding carboxylic acids is 1. The van der Waals surface area contributed by atoms with Crippen LogP contribution in [0.15, 0.2) is 42.5 Å². The van der Waals surface area contributed by atoms with Crippen molar-refractivity contribution in [1.29, 1.82) is 0 Å². The molecule has 0 heterocycles. The second kappa shape index (κ2) is 9.41. The van der Waals surface area contributed by atoms with E-state index in [0.29, 0.717) is 5.78 Å². The monoisotopic (exact) mass is 470 g/mol. The predicted octanol–water partition coefficient (Wildman–Crippen LogP) is 6.95. The summed E-state index contributed by atoms with van der Waals surface area (Å²) in [6, 6.07) is 15.0. The van der Waals surface area contributed by atoms with Gasteiger partial charge in [0, 0.05) is 0 Å². The standard InChI is InChI=1S/C13H7O.3C4H9.Sn/c14-13-11-7-3-1-5-9(11)10-6-2-4-8-12(10)13;3*1-3-4-2;/h1-7H;3*1,3-4H2,2H3;. The molecule has 0 radical (unpaired) electrons. The van der Waals surface area contributed by atoms with E-state index in [1.165, 1.54) is 57.4 Å². The van der Waals surface area contributed by atoms with Crippen LogP contribution < -0.4 is 3.58 Å². The molecule has 2 heteroatoms. The molecule has 1 nitrogen and oxygen atoms in total. The van der Waals surface area contributed by atoms with E-state index < -0.39 is 18.4 Å². The van der Waals surface area contributed by atoms with Crippen LogP contribution >= 0.6 is 0 Å². The van der Waals surface area contributed by atoms with E-state index in [2.05, 4.69) is 51.1 Å². The summed E-state index contributed by atoms with van der Waals surface area (Å²) in [5.74, 6) is 0.293. The van der Waals surface area contributed by atoms with Crippen molar-refractivity contribution in [3.63, 3.8) is 0 Å². The summed E-state index contributed by atoms with van der Waals surface area (Å²) >= 11 is -2.63. The van der Waals surface area contributed by atoms with Gasteiger partial charge in [0.25, 0.3) is 0 Å². The predicted molar refractivity (Wildman–Crippen MR) is 120 cm³/mol. The quantitative estimate of drug-likeness (QED) is 0.294. The molecule has 0 saturated carbocycles. The molecule has 1 aliphatic rings. The van der Waals surface area contributed by atoms with Crippen molar-refractivity contribution in [2.75, 3.05) is 0 Å². The van der Waals surface area contributed by atoms with Gasteiger partial charge in [0.2, 0.25) is 0 Å². The third-order valence-electron chi connectivity index (χ3n) is 6.35. The Morgan fingerprint density at radius 2 is 1.19 bits per heavy atom. The van der Waals surface area contributed by atoms with Gasteiger partial charge >= 0.3 is 170 Å². The summed E-state index contributed by atoms with van der Waals surface area (Å²) in [4.78, 5) is 13.4. The van der Waals surface area contributed by atoms with Crippen LogP contribution in [-0.2, 0) is 0 Å². The first-order valence-electron chi connectivity index (χ1n) is 11.0. The minimum absolute atomic E-state index is 0.293. The molecule has 0 unspecified atom stereocenters. The van der Waals surface area contributed by atoms with Gasteiger partial charge in [-0.05, 0) is 0 Å². The summed E-state index contributed by atoms with van der Waals surface area (Å²) in [7, 11) is 0. The van der Waals surface area contributed by atoms with Crippen molar-refractivity contribution in [3.8, 4) is 11.1 Å². The van der Waals surface area contributed by atoms with E-state index in [-0.39, 0.29) is 0 Å². The number of carbonyl (C=O) groups is 1. The molecular weight excluding hydrogens is 435 g/mol. The third-order valence-corrected chi connectivity index (χ3v) is 22.0. The number of hydrogen-bond donors (Lipinski definition) is 0. The summed E-state index contributed by atoms with van der Waals surface area (Å²) in [5.41, 5.74) is 4.37. The normalized spacial score (nSPS) is 12.9. The number of hydrogen-bond acceptors (Lipinski definition) is 1. The first kappa shape index (κ1) is 20.6. The Hall–Kier alpha value is -1.09. The van der Waals surface area contributed by atoms with E-state index in [1.807, 2.05) is 12.1 Å². The fourth-order valence-corrected chi connectivity index (χ4v) is 21.6. The van der Waals surface area contributed by atoms with Crippen molar-refractivity contribution >= 4 is 27.7 Å². The topological polar surface area (TPSA) is 17.1 Å². The number of unbranched alkanes of at least 4 members (excludes halogenated alkanes) is 3. The van der Waals surface area contributed by atoms with Gasteiger partial charge in [0.15, 0.2) is 0 Å². The molecule has 0 atom stereocenters. The fraction of sp³-hybridized carbons (Fsp3) is 0.480. The molecular formula is C25H34OSn. The second-order valence-electron chi connectivity index (χ2n) is 8.19. The van der Waals surface area contributed by atoms with Gasteiger partial charge in [-0.3, -0.25) is 0 Å². The molecule has 0 N–H and O–H groups in total. The molecule has 3 rings (SSSR count). The second-order valence-corrected chi connectivity index (χ2v) is 21.3. The van der Waals surface area contributed by atoms with Crippen LogP contribution in [0, 0.1) is 0 Å². The van der Waals surface area contributed by atoms with Gasteiger partial charge in [-0.25, -0.2) is 0 Å². The molecule has 2 aromatic carbocycles. The summed E-state index contributed by atoms with van der Waals surface area (Å²) in [6.07, 6.45) is 7.78. The molecule has 0 fully saturated rings. The molecule has 2 aromatic rings. The van der Waals surface area contributed by atoms with Gasteiger partial charge in [0.1, 0.15) is 0 Å². The maximum absolute atomic E-state index is 13.4. The van der Waals surface area contributed by atoms with Crippen molar-refractivity contribution < 1.29 is 4.79 Å². The SMILES string of the molecule is CCC[CH2][Sn]([CH2]CCC)([CH2]CCC)[c]1cccc2c1C(=O)c1ccccc1-2. The van der Waals surface area contributed by atoms with Crippen LogP contribution in [0.4, 0.5) is 0 Å². The van der Waals surface area contributed by atoms with Gasteiger partial charge < -0.3 is 0 Å². The van der Waals surface area contributed by atoms with Gasteiger partial charge in [-0.2, -0.15) is 0 Å². The number of ketones is 1. The van der Waals surface area contributed by atoms with Crippen molar-refractivity contribution in [2.24, 2.45) is 0 Å². The number of rotatable bonds is 10. The zero-order chi connectivity index (χ0) is 19.3. The number of benzene rings is 2. The Balaban J connectivity index is 2.14. The van der Waals surface area contributed by atoms with Crippen LogP contribution in [0.25, 0.3) is 11.1 Å². The van der Waals surface area contributed by atoms with Crippen LogP contribution in [0.5, 0.6) is 0 Å². The van der Waals surface area contributed by atoms with Gasteiger partial charge in [-0.15, -0.1) is 0 Å². The summed E-state index contributed by atoms with van der Waals surface area (Å²) in [6.45, 7) is 6.94. The molecule has 0 aromatic heterocycles. The van der Waals surface area contributed by atoms with Gasteiger partial charge in [-0.1, -0.05) is 0 Å². The third kappa shape index (κ3) is 4.04. The van der Waals surface area contributed by atoms with Crippen molar-refractivity contribution in [2.45, 2.75) is 72.6 Å². The molecule has 1 aliphatic carbocycles. The molecule has 144 valence electrons. The summed E-state index contributed by atoms with van der Waals surface area (Å²) in [5, 5.41) is 0. The Morgan fingerprint density at radius 3 is 1.74 bits per heavy atom. The number of fused-ring (bicyclic) bond motifs is 3. The maximum atomic E-state index is 13.4. The Morgan fingerprint density at radius 1 is 0.667 bits per heavy atom. The average Bonchev–Trinajstić information content (AvgIpc) is 3.01. The molecule has 0 spiro atoms. The molecule has 0 aliphatic heterocycles. The van der Waals surface area contributed by atoms with Crippen LogP contribution in [0.2, 0.25) is 13.3 Å². The molecule has 0 bridgehead atoms. The van der Waals surface area contributed by atoms with E-state index in [4.69, 9.17) is 0 Å². The first-order chi connectivity index (χ1) is 13.2. The van der Waals surface area contributed by atoms with Crippen LogP contribution in [-0.4, -0.2) is 24.2 Å². The fourth-order valence-electron chi connectivity index (χ4n) is 4.84. The van der Waals surface area contributed by atoms with Gasteiger partial charge in [0.05, 0.1) is 0 Å². The zero-order valence-electron chi connectivity index (χ0n) is 17.3. The van der Waals surface area contributed by atoms with E-state index in [9.17, 15) is 4.79 Å².